The van der Waals surface area contributed by atoms with Gasteiger partial charge >= 0.3 is 0 Å². The van der Waals surface area contributed by atoms with Crippen molar-refractivity contribution in [2.75, 3.05) is 0 Å². The van der Waals surface area contributed by atoms with Crippen LogP contribution in [-0.2, 0) is 0 Å². The Hall–Kier alpha value is -1.84. The number of hydrogen-bond acceptors (Lipinski definition) is 2. The Morgan fingerprint density at radius 3 is 2.00 bits per heavy atom. The number of carbonyl (C=O) groups is 1. The number of rotatable bonds is 2. The molecule has 0 aliphatic rings. The standard InChI is InChI=1S/C16H24N2O2/c1-15(2,3)17-14(19)13-9-7-12(8-10-13)11-18(20)16(4,5)6/h7-11H,1-6H3,(H-,17,19,20)/p+1. The Morgan fingerprint density at radius 1 is 1.10 bits per heavy atom. The van der Waals surface area contributed by atoms with E-state index in [-0.39, 0.29) is 17.0 Å². The van der Waals surface area contributed by atoms with Crippen LogP contribution in [0.2, 0.25) is 0 Å². The fourth-order valence-corrected chi connectivity index (χ4v) is 1.47. The van der Waals surface area contributed by atoms with Gasteiger partial charge in [-0.15, -0.1) is 0 Å². The third-order valence-electron chi connectivity index (χ3n) is 2.62. The van der Waals surface area contributed by atoms with Gasteiger partial charge in [0.2, 0.25) is 11.8 Å². The molecular weight excluding hydrogens is 252 g/mol. The minimum Gasteiger partial charge on any atom is -0.347 e. The summed E-state index contributed by atoms with van der Waals surface area (Å²) < 4.78 is 1.16. The molecule has 0 heterocycles. The molecule has 0 atom stereocenters. The fourth-order valence-electron chi connectivity index (χ4n) is 1.47. The summed E-state index contributed by atoms with van der Waals surface area (Å²) in [5.41, 5.74) is 0.838. The molecule has 1 rings (SSSR count). The highest BCUT2D eigenvalue weighted by Crippen LogP contribution is 2.08. The highest BCUT2D eigenvalue weighted by atomic mass is 16.5. The van der Waals surface area contributed by atoms with Crippen molar-refractivity contribution in [1.82, 2.24) is 5.32 Å². The molecule has 2 N–H and O–H groups in total. The molecule has 0 spiro atoms. The number of hydroxylamine groups is 1. The number of carbonyl (C=O) groups excluding carboxylic acids is 1. The quantitative estimate of drug-likeness (QED) is 0.378. The minimum absolute atomic E-state index is 0.0966. The van der Waals surface area contributed by atoms with E-state index in [0.29, 0.717) is 5.56 Å². The van der Waals surface area contributed by atoms with Crippen molar-refractivity contribution >= 4 is 12.1 Å². The molecule has 0 aliphatic heterocycles. The van der Waals surface area contributed by atoms with Gasteiger partial charge in [0, 0.05) is 37.4 Å². The minimum atomic E-state index is -0.359. The largest absolute Gasteiger partial charge is 0.347 e. The van der Waals surface area contributed by atoms with Gasteiger partial charge in [0.1, 0.15) is 0 Å². The SMILES string of the molecule is CC(C)(C)NC(=O)c1ccc(/C=[N+](\O)C(C)(C)C)cc1. The Bertz CT molecular complexity index is 503. The van der Waals surface area contributed by atoms with Crippen molar-refractivity contribution in [1.29, 1.82) is 0 Å². The highest BCUT2D eigenvalue weighted by molar-refractivity contribution is 5.95. The van der Waals surface area contributed by atoms with Crippen molar-refractivity contribution in [2.24, 2.45) is 0 Å². The van der Waals surface area contributed by atoms with Crippen molar-refractivity contribution in [3.63, 3.8) is 0 Å². The molecule has 20 heavy (non-hydrogen) atoms. The lowest BCUT2D eigenvalue weighted by molar-refractivity contribution is -0.816. The number of hydrogen-bond donors (Lipinski definition) is 2. The molecular formula is C16H25N2O2+. The normalized spacial score (nSPS) is 13.2. The summed E-state index contributed by atoms with van der Waals surface area (Å²) in [4.78, 5) is 12.0. The lowest BCUT2D eigenvalue weighted by Gasteiger charge is -2.20. The summed E-state index contributed by atoms with van der Waals surface area (Å²) in [6.45, 7) is 11.6. The van der Waals surface area contributed by atoms with Gasteiger partial charge in [0.25, 0.3) is 5.91 Å². The van der Waals surface area contributed by atoms with Gasteiger partial charge in [-0.3, -0.25) is 10.0 Å². The van der Waals surface area contributed by atoms with Crippen LogP contribution < -0.4 is 5.32 Å². The van der Waals surface area contributed by atoms with Crippen molar-refractivity contribution < 1.29 is 14.7 Å². The summed E-state index contributed by atoms with van der Waals surface area (Å²) in [6, 6.07) is 7.13. The summed E-state index contributed by atoms with van der Waals surface area (Å²) in [7, 11) is 0. The van der Waals surface area contributed by atoms with Crippen LogP contribution in [0.25, 0.3) is 0 Å². The van der Waals surface area contributed by atoms with E-state index in [1.165, 1.54) is 0 Å². The highest BCUT2D eigenvalue weighted by Gasteiger charge is 2.24. The second-order valence-corrected chi connectivity index (χ2v) is 6.97. The van der Waals surface area contributed by atoms with E-state index in [2.05, 4.69) is 5.32 Å². The Balaban J connectivity index is 2.87. The molecule has 0 radical (unpaired) electrons. The topological polar surface area (TPSA) is 52.3 Å². The van der Waals surface area contributed by atoms with E-state index < -0.39 is 0 Å². The average Bonchev–Trinajstić information content (AvgIpc) is 2.26. The predicted molar refractivity (Wildman–Crippen MR) is 80.6 cm³/mol. The van der Waals surface area contributed by atoms with Crippen LogP contribution in [0.4, 0.5) is 0 Å². The van der Waals surface area contributed by atoms with Crippen LogP contribution in [0.3, 0.4) is 0 Å². The van der Waals surface area contributed by atoms with E-state index in [9.17, 15) is 10.0 Å². The van der Waals surface area contributed by atoms with Crippen LogP contribution in [0.1, 0.15) is 57.5 Å². The number of amides is 1. The van der Waals surface area contributed by atoms with E-state index in [1.807, 2.05) is 53.7 Å². The number of benzene rings is 1. The molecule has 4 heteroatoms. The number of nitrogens with zero attached hydrogens (tertiary/aromatic N) is 1. The van der Waals surface area contributed by atoms with Crippen molar-refractivity contribution in [3.05, 3.63) is 35.4 Å². The first-order valence-electron chi connectivity index (χ1n) is 6.75. The molecule has 1 amide bonds. The fraction of sp³-hybridized carbons (Fsp3) is 0.500. The summed E-state index contributed by atoms with van der Waals surface area (Å²) in [5, 5.41) is 12.8. The van der Waals surface area contributed by atoms with E-state index in [1.54, 1.807) is 18.3 Å². The monoisotopic (exact) mass is 277 g/mol. The van der Waals surface area contributed by atoms with E-state index in [4.69, 9.17) is 0 Å². The first-order chi connectivity index (χ1) is 8.99. The Labute approximate surface area is 121 Å². The van der Waals surface area contributed by atoms with Crippen LogP contribution in [-0.4, -0.2) is 33.1 Å². The molecule has 1 aromatic rings. The third kappa shape index (κ3) is 5.03. The van der Waals surface area contributed by atoms with Gasteiger partial charge in [0.15, 0.2) is 0 Å². The molecule has 0 aliphatic carbocycles. The maximum atomic E-state index is 12.0. The van der Waals surface area contributed by atoms with Gasteiger partial charge in [-0.1, -0.05) is 0 Å². The van der Waals surface area contributed by atoms with Gasteiger partial charge in [-0.05, 0) is 49.8 Å². The average molecular weight is 277 g/mol. The molecule has 1 aromatic carbocycles. The zero-order valence-electron chi connectivity index (χ0n) is 13.2. The third-order valence-corrected chi connectivity index (χ3v) is 2.62. The first kappa shape index (κ1) is 16.2. The molecule has 0 aromatic heterocycles. The second-order valence-electron chi connectivity index (χ2n) is 6.97. The lowest BCUT2D eigenvalue weighted by atomic mass is 10.1. The smallest absolute Gasteiger partial charge is 0.251 e. The summed E-state index contributed by atoms with van der Waals surface area (Å²) >= 11 is 0. The van der Waals surface area contributed by atoms with E-state index >= 15 is 0 Å². The molecule has 110 valence electrons. The molecule has 0 bridgehead atoms. The van der Waals surface area contributed by atoms with E-state index in [0.717, 1.165) is 10.3 Å². The molecule has 0 saturated carbocycles. The predicted octanol–water partition coefficient (Wildman–Crippen LogP) is 2.83. The Morgan fingerprint density at radius 2 is 1.60 bits per heavy atom. The molecule has 0 fully saturated rings. The van der Waals surface area contributed by atoms with Crippen LogP contribution in [0.5, 0.6) is 0 Å². The van der Waals surface area contributed by atoms with Crippen LogP contribution in [0.15, 0.2) is 24.3 Å². The maximum Gasteiger partial charge on any atom is 0.251 e. The van der Waals surface area contributed by atoms with Crippen molar-refractivity contribution in [2.45, 2.75) is 52.6 Å². The van der Waals surface area contributed by atoms with Gasteiger partial charge in [-0.2, -0.15) is 0 Å². The summed E-state index contributed by atoms with van der Waals surface area (Å²) in [5.74, 6) is -0.0966. The molecule has 4 nitrogen and oxygen atoms in total. The van der Waals surface area contributed by atoms with Crippen LogP contribution in [0, 0.1) is 0 Å². The van der Waals surface area contributed by atoms with Gasteiger partial charge in [0.05, 0.1) is 0 Å². The Kier molecular flexibility index (Phi) is 4.58. The second kappa shape index (κ2) is 5.65. The molecule has 0 unspecified atom stereocenters. The zero-order valence-corrected chi connectivity index (χ0v) is 13.2. The molecule has 0 saturated heterocycles. The first-order valence-corrected chi connectivity index (χ1v) is 6.75. The van der Waals surface area contributed by atoms with Gasteiger partial charge in [-0.25, -0.2) is 0 Å². The lowest BCUT2D eigenvalue weighted by Crippen LogP contribution is -2.40. The zero-order chi connectivity index (χ0) is 15.6. The van der Waals surface area contributed by atoms with Gasteiger partial charge < -0.3 is 5.32 Å². The van der Waals surface area contributed by atoms with Crippen LogP contribution >= 0.6 is 0 Å². The van der Waals surface area contributed by atoms with Crippen molar-refractivity contribution in [3.8, 4) is 0 Å². The maximum absolute atomic E-state index is 12.0. The number of nitrogens with one attached hydrogen (secondary N) is 1. The summed E-state index contributed by atoms with van der Waals surface area (Å²) in [6.07, 6.45) is 1.64.